The van der Waals surface area contributed by atoms with Crippen molar-refractivity contribution < 1.29 is 63.0 Å². The van der Waals surface area contributed by atoms with E-state index in [0.717, 1.165) is 12.8 Å². The molecule has 25 nitrogen and oxygen atoms in total. The van der Waals surface area contributed by atoms with E-state index in [1.165, 1.54) is 13.8 Å². The highest BCUT2D eigenvalue weighted by Crippen LogP contribution is 2.21. The predicted molar refractivity (Wildman–Crippen MR) is 316 cm³/mol. The Balaban J connectivity index is 2.69. The van der Waals surface area contributed by atoms with Crippen LogP contribution in [0.15, 0.2) is 30.3 Å². The smallest absolute Gasteiger partial charge is 0.245 e. The van der Waals surface area contributed by atoms with Crippen LogP contribution in [0.3, 0.4) is 0 Å². The van der Waals surface area contributed by atoms with Crippen LogP contribution in [-0.2, 0) is 59.2 Å². The highest BCUT2D eigenvalue weighted by Gasteiger charge is 2.38. The zero-order chi connectivity index (χ0) is 63.1. The average molecular weight is 1190 g/mol. The molecular weight excluding hydrogens is 1080 g/mol. The van der Waals surface area contributed by atoms with Gasteiger partial charge in [-0.25, -0.2) is 0 Å². The second kappa shape index (κ2) is 39.5. The third-order valence-electron chi connectivity index (χ3n) is 14.9. The number of amides is 7. The van der Waals surface area contributed by atoms with Crippen molar-refractivity contribution in [3.63, 3.8) is 0 Å². The summed E-state index contributed by atoms with van der Waals surface area (Å²) in [6.45, 7) is 9.59. The Kier molecular flexibility index (Phi) is 34.8. The molecular formula is C59H100N12O13. The molecule has 0 aliphatic carbocycles. The monoisotopic (exact) mass is 1180 g/mol. The molecule has 1 aliphatic heterocycles. The van der Waals surface area contributed by atoms with Gasteiger partial charge >= 0.3 is 0 Å². The zero-order valence-corrected chi connectivity index (χ0v) is 50.3. The summed E-state index contributed by atoms with van der Waals surface area (Å²) in [6, 6.07) is 0.958. The quantitative estimate of drug-likeness (QED) is 0.0399. The number of carbonyl (C=O) groups excluding carboxylic acids is 11. The summed E-state index contributed by atoms with van der Waals surface area (Å²) in [6.07, 6.45) is -3.03. The molecule has 2 rings (SSSR count). The van der Waals surface area contributed by atoms with Crippen LogP contribution in [0.25, 0.3) is 0 Å². The number of carbonyl (C=O) groups is 11. The molecule has 19 N–H and O–H groups in total. The molecule has 1 fully saturated rings. The van der Waals surface area contributed by atoms with E-state index in [2.05, 4.69) is 51.1 Å². The summed E-state index contributed by atoms with van der Waals surface area (Å²) in [4.78, 5) is 155. The Labute approximate surface area is 495 Å². The van der Waals surface area contributed by atoms with Crippen LogP contribution in [0.4, 0.5) is 0 Å². The van der Waals surface area contributed by atoms with Crippen molar-refractivity contribution in [3.8, 4) is 0 Å². The van der Waals surface area contributed by atoms with E-state index in [1.807, 2.05) is 13.8 Å². The molecule has 1 aromatic carbocycles. The molecule has 1 aliphatic rings. The predicted octanol–water partition coefficient (Wildman–Crippen LogP) is -1.27. The molecule has 0 aromatic heterocycles. The molecule has 0 spiro atoms. The van der Waals surface area contributed by atoms with Gasteiger partial charge in [0.15, 0.2) is 23.1 Å². The van der Waals surface area contributed by atoms with Gasteiger partial charge in [-0.3, -0.25) is 52.7 Å². The molecule has 0 radical (unpaired) electrons. The Hall–Kier alpha value is -6.09. The summed E-state index contributed by atoms with van der Waals surface area (Å²) in [5, 5.41) is 40.3. The molecule has 1 heterocycles. The standard InChI is InChI=1S/C59H100N12O13/c1-34(2)12-10-11-15-52(78)66-43(17-23-61)51(77)33-42(36(5)72)57(82)68-45(19-25-63)49(75)31-40-21-27-65-59(84)53(37(6)73)71-55(80)39(16-22-60)30-48(74)46(20-26-64)69-58(83)47(28-35(3)4)70-56(81)41(29-38-13-8-7-9-14-38)32-50(76)44(18-24-62)67-54(40)79/h7-9,13-14,34-37,39-47,53,72-73H,10-12,15-33,60-64H2,1-6H3,(H,65,84)(H,66,78)(H,67,79)(H,68,82)(H,69,83)(H,70,81)(H,71,80)/t36-,37-,39-,40-,41-,42+,43+,44-,45+,46+,47+,53+/m1/s1. The van der Waals surface area contributed by atoms with Gasteiger partial charge in [-0.2, -0.15) is 0 Å². The van der Waals surface area contributed by atoms with Crippen molar-refractivity contribution in [2.45, 2.75) is 193 Å². The highest BCUT2D eigenvalue weighted by atomic mass is 16.3. The molecule has 12 atom stereocenters. The lowest BCUT2D eigenvalue weighted by molar-refractivity contribution is -0.137. The van der Waals surface area contributed by atoms with Crippen LogP contribution in [0.1, 0.15) is 143 Å². The van der Waals surface area contributed by atoms with Gasteiger partial charge in [-0.15, -0.1) is 0 Å². The minimum Gasteiger partial charge on any atom is -0.393 e. The van der Waals surface area contributed by atoms with Gasteiger partial charge in [-0.1, -0.05) is 70.9 Å². The minimum atomic E-state index is -1.61. The summed E-state index contributed by atoms with van der Waals surface area (Å²) < 4.78 is 0. The fourth-order valence-corrected chi connectivity index (χ4v) is 10.0. The largest absolute Gasteiger partial charge is 0.393 e. The number of hydrogen-bond acceptors (Lipinski definition) is 18. The normalized spacial score (nSPS) is 23.0. The number of aliphatic hydroxyl groups is 2. The lowest BCUT2D eigenvalue weighted by atomic mass is 9.89. The lowest BCUT2D eigenvalue weighted by Crippen LogP contribution is -2.55. The Morgan fingerprint density at radius 1 is 0.583 bits per heavy atom. The van der Waals surface area contributed by atoms with Crippen molar-refractivity contribution in [1.82, 2.24) is 37.2 Å². The number of aliphatic hydroxyl groups excluding tert-OH is 2. The van der Waals surface area contributed by atoms with Crippen molar-refractivity contribution in [3.05, 3.63) is 35.9 Å². The molecule has 7 amide bonds. The third kappa shape index (κ3) is 26.9. The second-order valence-electron chi connectivity index (χ2n) is 23.1. The van der Waals surface area contributed by atoms with Gasteiger partial charge in [0.1, 0.15) is 12.1 Å². The topological polar surface area (TPSA) is 443 Å². The fraction of sp³-hybridized carbons (Fsp3) is 0.712. The average Bonchev–Trinajstić information content (AvgIpc) is 3.63. The van der Waals surface area contributed by atoms with Crippen molar-refractivity contribution in [1.29, 1.82) is 0 Å². The van der Waals surface area contributed by atoms with Gasteiger partial charge in [-0.05, 0) is 122 Å². The number of hydrogen-bond donors (Lipinski definition) is 14. The molecule has 1 saturated heterocycles. The Bertz CT molecular complexity index is 2290. The van der Waals surface area contributed by atoms with Crippen molar-refractivity contribution in [2.75, 3.05) is 39.3 Å². The van der Waals surface area contributed by atoms with E-state index in [1.54, 1.807) is 30.3 Å². The molecule has 0 unspecified atom stereocenters. The number of Topliss-reactive ketones (excluding diaryl/α,β-unsaturated/α-hetero) is 4. The first kappa shape index (κ1) is 74.0. The van der Waals surface area contributed by atoms with Crippen LogP contribution in [-0.4, -0.2) is 162 Å². The van der Waals surface area contributed by atoms with Crippen LogP contribution < -0.4 is 65.9 Å². The first-order chi connectivity index (χ1) is 39.8. The number of ketones is 4. The summed E-state index contributed by atoms with van der Waals surface area (Å²) in [5.41, 5.74) is 30.2. The second-order valence-corrected chi connectivity index (χ2v) is 23.1. The minimum absolute atomic E-state index is 0.0166. The van der Waals surface area contributed by atoms with Gasteiger partial charge in [0.2, 0.25) is 41.4 Å². The lowest BCUT2D eigenvalue weighted by Gasteiger charge is -2.27. The third-order valence-corrected chi connectivity index (χ3v) is 14.9. The Morgan fingerprint density at radius 3 is 1.65 bits per heavy atom. The van der Waals surface area contributed by atoms with Crippen molar-refractivity contribution in [2.24, 2.45) is 64.2 Å². The van der Waals surface area contributed by atoms with E-state index in [4.69, 9.17) is 28.7 Å². The van der Waals surface area contributed by atoms with Crippen LogP contribution in [0.5, 0.6) is 0 Å². The van der Waals surface area contributed by atoms with Gasteiger partial charge in [0.05, 0.1) is 42.3 Å². The molecule has 0 bridgehead atoms. The number of benzene rings is 1. The number of nitrogens with one attached hydrogen (secondary N) is 7. The molecule has 84 heavy (non-hydrogen) atoms. The summed E-state index contributed by atoms with van der Waals surface area (Å²) in [7, 11) is 0. The van der Waals surface area contributed by atoms with Crippen LogP contribution in [0, 0.1) is 35.5 Å². The molecule has 25 heteroatoms. The van der Waals surface area contributed by atoms with Gasteiger partial charge in [0.25, 0.3) is 0 Å². The van der Waals surface area contributed by atoms with Gasteiger partial charge in [0, 0.05) is 56.4 Å². The van der Waals surface area contributed by atoms with Crippen LogP contribution >= 0.6 is 0 Å². The van der Waals surface area contributed by atoms with E-state index in [-0.39, 0.29) is 109 Å². The fourth-order valence-electron chi connectivity index (χ4n) is 10.0. The van der Waals surface area contributed by atoms with Crippen LogP contribution in [0.2, 0.25) is 0 Å². The van der Waals surface area contributed by atoms with E-state index in [9.17, 15) is 63.0 Å². The maximum atomic E-state index is 14.6. The van der Waals surface area contributed by atoms with Crippen molar-refractivity contribution >= 4 is 64.5 Å². The van der Waals surface area contributed by atoms with E-state index in [0.29, 0.717) is 17.9 Å². The zero-order valence-electron chi connectivity index (χ0n) is 50.3. The number of rotatable bonds is 30. The maximum Gasteiger partial charge on any atom is 0.245 e. The number of nitrogens with two attached hydrogens (primary N) is 5. The summed E-state index contributed by atoms with van der Waals surface area (Å²) in [5.74, 6) is -12.5. The first-order valence-electron chi connectivity index (χ1n) is 29.9. The van der Waals surface area contributed by atoms with E-state index >= 15 is 0 Å². The molecule has 0 saturated carbocycles. The highest BCUT2D eigenvalue weighted by molar-refractivity contribution is 5.99. The number of unbranched alkanes of at least 4 members (excludes halogenated alkanes) is 1. The van der Waals surface area contributed by atoms with Gasteiger partial charge < -0.3 is 76.1 Å². The molecule has 1 aromatic rings. The maximum absolute atomic E-state index is 14.6. The van der Waals surface area contributed by atoms with E-state index < -0.39 is 156 Å². The molecule has 474 valence electrons. The summed E-state index contributed by atoms with van der Waals surface area (Å²) >= 11 is 0. The SMILES string of the molecule is CC(C)CCCCC(=O)N[C@@H](CCN)C(=O)C[C@H](C(=O)N[C@@H](CCN)C(=O)C[C@H]1CCNC(=O)[C@H]([C@@H](C)O)NC(=O)[C@H](CCN)CC(=O)[C@H](CCN)NC(=O)[C@H](CC(C)C)NC(=O)[C@H](Cc2ccccc2)CC(=O)[C@@H](CCN)NC1=O)[C@@H](C)O. The Morgan fingerprint density at radius 2 is 1.12 bits per heavy atom. The first-order valence-corrected chi connectivity index (χ1v) is 29.9.